The Morgan fingerprint density at radius 1 is 0.971 bits per heavy atom. The number of hydrogen-bond acceptors (Lipinski definition) is 6. The van der Waals surface area contributed by atoms with Crippen molar-refractivity contribution in [2.75, 3.05) is 20.2 Å². The van der Waals surface area contributed by atoms with Crippen molar-refractivity contribution in [2.24, 2.45) is 0 Å². The van der Waals surface area contributed by atoms with Crippen LogP contribution in [-0.4, -0.2) is 58.6 Å². The van der Waals surface area contributed by atoms with Crippen LogP contribution >= 0.6 is 0 Å². The summed E-state index contributed by atoms with van der Waals surface area (Å²) in [6, 6.07) is 12.7. The van der Waals surface area contributed by atoms with Crippen molar-refractivity contribution < 1.29 is 26.4 Å². The Morgan fingerprint density at radius 3 is 2.21 bits per heavy atom. The number of ether oxygens (including phenoxy) is 1. The Bertz CT molecular complexity index is 1260. The molecule has 2 aromatic rings. The molecule has 1 aliphatic carbocycles. The van der Waals surface area contributed by atoms with E-state index in [1.165, 1.54) is 30.2 Å². The summed E-state index contributed by atoms with van der Waals surface area (Å²) in [7, 11) is -6.03. The summed E-state index contributed by atoms with van der Waals surface area (Å²) in [6.07, 6.45) is 3.16. The molecule has 4 rings (SSSR count). The van der Waals surface area contributed by atoms with Gasteiger partial charge >= 0.3 is 0 Å². The summed E-state index contributed by atoms with van der Waals surface area (Å²) in [5, 5.41) is -0.723. The van der Waals surface area contributed by atoms with Crippen molar-refractivity contribution in [1.29, 1.82) is 0 Å². The Hall–Kier alpha value is -2.43. The minimum Gasteiger partial charge on any atom is -0.497 e. The third-order valence-corrected chi connectivity index (χ3v) is 10.3. The molecule has 1 heterocycles. The number of sulfonamides is 1. The zero-order valence-corrected chi connectivity index (χ0v) is 21.0. The minimum absolute atomic E-state index is 0.0428. The second-order valence-corrected chi connectivity index (χ2v) is 13.0. The molecular formula is C24H30N2O6S2. The van der Waals surface area contributed by atoms with Gasteiger partial charge in [-0.3, -0.25) is 4.79 Å². The number of carbonyl (C=O) groups is 1. The molecular weight excluding hydrogens is 476 g/mol. The highest BCUT2D eigenvalue weighted by molar-refractivity contribution is 7.92. The van der Waals surface area contributed by atoms with Gasteiger partial charge in [0, 0.05) is 13.1 Å². The highest BCUT2D eigenvalue weighted by atomic mass is 32.2. The van der Waals surface area contributed by atoms with Gasteiger partial charge in [-0.25, -0.2) is 16.8 Å². The number of carbonyl (C=O) groups excluding carboxylic acids is 1. The first-order chi connectivity index (χ1) is 16.1. The van der Waals surface area contributed by atoms with Crippen LogP contribution in [-0.2, 0) is 24.7 Å². The van der Waals surface area contributed by atoms with Crippen molar-refractivity contribution in [3.8, 4) is 5.75 Å². The smallest absolute Gasteiger partial charge is 0.243 e. The quantitative estimate of drug-likeness (QED) is 0.618. The van der Waals surface area contributed by atoms with Crippen LogP contribution in [0.15, 0.2) is 58.3 Å². The van der Waals surface area contributed by atoms with E-state index < -0.39 is 30.6 Å². The van der Waals surface area contributed by atoms with Gasteiger partial charge in [0.2, 0.25) is 15.9 Å². The lowest BCUT2D eigenvalue weighted by atomic mass is 9.81. The zero-order chi connectivity index (χ0) is 24.6. The Balaban J connectivity index is 1.51. The molecule has 0 radical (unpaired) electrons. The topological polar surface area (TPSA) is 110 Å². The lowest BCUT2D eigenvalue weighted by Crippen LogP contribution is -2.67. The number of methoxy groups -OCH3 is 1. The molecule has 2 aromatic carbocycles. The summed E-state index contributed by atoms with van der Waals surface area (Å²) < 4.78 is 60.1. The average molecular weight is 507 g/mol. The number of likely N-dealkylation sites (tertiary alicyclic amines) is 1. The van der Waals surface area contributed by atoms with E-state index in [1.807, 2.05) is 13.0 Å². The first-order valence-electron chi connectivity index (χ1n) is 11.4. The molecule has 184 valence electrons. The Labute approximate surface area is 201 Å². The van der Waals surface area contributed by atoms with E-state index >= 15 is 0 Å². The number of amides is 1. The van der Waals surface area contributed by atoms with Gasteiger partial charge in [-0.2, -0.15) is 4.72 Å². The molecule has 0 aromatic heterocycles. The number of benzene rings is 2. The van der Waals surface area contributed by atoms with E-state index in [0.29, 0.717) is 18.6 Å². The maximum absolute atomic E-state index is 13.6. The SMILES string of the molecule is COc1ccc(S(=O)(=O)C2CN(C(=O)C3(NS(=O)(=O)c4cccc(C)c4)CCCCC3)C2)cc1. The first-order valence-corrected chi connectivity index (χ1v) is 14.4. The van der Waals surface area contributed by atoms with Gasteiger partial charge in [0.15, 0.2) is 9.84 Å². The standard InChI is InChI=1S/C24H30N2O6S2/c1-18-7-6-8-21(15-18)34(30,31)25-24(13-4-3-5-14-24)23(27)26-16-22(17-26)33(28,29)20-11-9-19(32-2)10-12-20/h6-12,15,22,25H,3-5,13-14,16-17H2,1-2H3. The predicted octanol–water partition coefficient (Wildman–Crippen LogP) is 2.67. The molecule has 10 heteroatoms. The molecule has 1 saturated heterocycles. The van der Waals surface area contributed by atoms with Crippen LogP contribution < -0.4 is 9.46 Å². The fourth-order valence-corrected chi connectivity index (χ4v) is 7.85. The van der Waals surface area contributed by atoms with Gasteiger partial charge in [-0.05, 0) is 61.7 Å². The molecule has 0 unspecified atom stereocenters. The van der Waals surface area contributed by atoms with E-state index in [9.17, 15) is 21.6 Å². The predicted molar refractivity (Wildman–Crippen MR) is 128 cm³/mol. The lowest BCUT2D eigenvalue weighted by Gasteiger charge is -2.46. The Kier molecular flexibility index (Phi) is 6.76. The molecule has 0 atom stereocenters. The third-order valence-electron chi connectivity index (χ3n) is 6.71. The maximum atomic E-state index is 13.6. The fraction of sp³-hybridized carbons (Fsp3) is 0.458. The number of nitrogens with one attached hydrogen (secondary N) is 1. The zero-order valence-electron chi connectivity index (χ0n) is 19.4. The van der Waals surface area contributed by atoms with Gasteiger partial charge in [0.05, 0.1) is 16.9 Å². The first kappa shape index (κ1) is 24.7. The summed E-state index contributed by atoms with van der Waals surface area (Å²) >= 11 is 0. The number of aryl methyl sites for hydroxylation is 1. The normalized spacial score (nSPS) is 18.8. The average Bonchev–Trinajstić information content (AvgIpc) is 2.78. The Morgan fingerprint density at radius 2 is 1.62 bits per heavy atom. The molecule has 1 saturated carbocycles. The molecule has 8 nitrogen and oxygen atoms in total. The molecule has 34 heavy (non-hydrogen) atoms. The number of hydrogen-bond donors (Lipinski definition) is 1. The molecule has 2 fully saturated rings. The van der Waals surface area contributed by atoms with Gasteiger partial charge in [0.25, 0.3) is 0 Å². The van der Waals surface area contributed by atoms with Crippen LogP contribution in [0.1, 0.15) is 37.7 Å². The molecule has 2 aliphatic rings. The van der Waals surface area contributed by atoms with Crippen molar-refractivity contribution in [2.45, 2.75) is 59.6 Å². The van der Waals surface area contributed by atoms with Crippen LogP contribution in [0, 0.1) is 6.92 Å². The van der Waals surface area contributed by atoms with E-state index in [2.05, 4.69) is 4.72 Å². The van der Waals surface area contributed by atoms with Crippen LogP contribution in [0.25, 0.3) is 0 Å². The molecule has 0 spiro atoms. The highest BCUT2D eigenvalue weighted by Gasteiger charge is 2.50. The number of nitrogens with zero attached hydrogens (tertiary/aromatic N) is 1. The van der Waals surface area contributed by atoms with Gasteiger partial charge in [0.1, 0.15) is 16.5 Å². The number of sulfone groups is 1. The van der Waals surface area contributed by atoms with Crippen LogP contribution in [0.2, 0.25) is 0 Å². The van der Waals surface area contributed by atoms with Crippen molar-refractivity contribution in [1.82, 2.24) is 9.62 Å². The largest absolute Gasteiger partial charge is 0.497 e. The van der Waals surface area contributed by atoms with Crippen LogP contribution in [0.5, 0.6) is 5.75 Å². The molecule has 1 amide bonds. The van der Waals surface area contributed by atoms with Crippen molar-refractivity contribution in [3.63, 3.8) is 0 Å². The van der Waals surface area contributed by atoms with Crippen LogP contribution in [0.4, 0.5) is 0 Å². The second-order valence-electron chi connectivity index (χ2n) is 9.12. The van der Waals surface area contributed by atoms with Crippen LogP contribution in [0.3, 0.4) is 0 Å². The van der Waals surface area contributed by atoms with Crippen molar-refractivity contribution >= 4 is 25.8 Å². The third kappa shape index (κ3) is 4.71. The van der Waals surface area contributed by atoms with Crippen molar-refractivity contribution in [3.05, 3.63) is 54.1 Å². The molecule has 1 N–H and O–H groups in total. The van der Waals surface area contributed by atoms with E-state index in [4.69, 9.17) is 4.74 Å². The summed E-state index contributed by atoms with van der Waals surface area (Å²) in [4.78, 5) is 15.3. The van der Waals surface area contributed by atoms with Gasteiger partial charge in [-0.15, -0.1) is 0 Å². The second kappa shape index (κ2) is 9.31. The van der Waals surface area contributed by atoms with E-state index in [-0.39, 0.29) is 28.8 Å². The maximum Gasteiger partial charge on any atom is 0.243 e. The summed E-state index contributed by atoms with van der Waals surface area (Å²) in [5.41, 5.74) is -0.448. The van der Waals surface area contributed by atoms with E-state index in [1.54, 1.807) is 24.3 Å². The highest BCUT2D eigenvalue weighted by Crippen LogP contribution is 2.35. The fourth-order valence-electron chi connectivity index (χ4n) is 4.67. The monoisotopic (exact) mass is 506 g/mol. The summed E-state index contributed by atoms with van der Waals surface area (Å²) in [6.45, 7) is 1.90. The number of rotatable bonds is 7. The summed E-state index contributed by atoms with van der Waals surface area (Å²) in [5.74, 6) is 0.217. The lowest BCUT2D eigenvalue weighted by molar-refractivity contribution is -0.142. The van der Waals surface area contributed by atoms with E-state index in [0.717, 1.165) is 24.8 Å². The van der Waals surface area contributed by atoms with Gasteiger partial charge < -0.3 is 9.64 Å². The minimum atomic E-state index is -3.92. The van der Waals surface area contributed by atoms with Gasteiger partial charge in [-0.1, -0.05) is 31.4 Å². The molecule has 0 bridgehead atoms. The molecule has 1 aliphatic heterocycles.